The van der Waals surface area contributed by atoms with Crippen LogP contribution in [0.15, 0.2) is 41.3 Å². The third-order valence-electron chi connectivity index (χ3n) is 7.56. The zero-order valence-corrected chi connectivity index (χ0v) is 21.9. The molecule has 0 saturated carbocycles. The summed E-state index contributed by atoms with van der Waals surface area (Å²) in [5.74, 6) is 0.125. The van der Waals surface area contributed by atoms with Crippen molar-refractivity contribution in [2.45, 2.75) is 58.2 Å². The number of aromatic nitrogens is 5. The van der Waals surface area contributed by atoms with Gasteiger partial charge in [0, 0.05) is 42.7 Å². The molecule has 0 spiro atoms. The van der Waals surface area contributed by atoms with Gasteiger partial charge < -0.3 is 14.7 Å². The van der Waals surface area contributed by atoms with Crippen LogP contribution in [0.25, 0.3) is 16.8 Å². The molecular formula is C27H32N8O2. The van der Waals surface area contributed by atoms with E-state index in [0.717, 1.165) is 41.0 Å². The van der Waals surface area contributed by atoms with Crippen molar-refractivity contribution < 1.29 is 9.32 Å². The molecule has 1 N–H and O–H groups in total. The molecule has 2 saturated heterocycles. The highest BCUT2D eigenvalue weighted by Crippen LogP contribution is 2.36. The lowest BCUT2D eigenvalue weighted by Crippen LogP contribution is -2.44. The molecule has 0 radical (unpaired) electrons. The average Bonchev–Trinajstić information content (AvgIpc) is 3.64. The van der Waals surface area contributed by atoms with Gasteiger partial charge in [0.1, 0.15) is 6.33 Å². The van der Waals surface area contributed by atoms with E-state index >= 15 is 0 Å². The number of nitrogens with zero attached hydrogens (tertiary/aromatic N) is 7. The van der Waals surface area contributed by atoms with Crippen LogP contribution < -0.4 is 10.2 Å². The second-order valence-corrected chi connectivity index (χ2v) is 11.3. The van der Waals surface area contributed by atoms with Crippen molar-refractivity contribution >= 4 is 17.1 Å². The maximum Gasteiger partial charge on any atom is 0.292 e. The fourth-order valence-electron chi connectivity index (χ4n) is 5.39. The van der Waals surface area contributed by atoms with E-state index in [2.05, 4.69) is 60.7 Å². The minimum atomic E-state index is -0.359. The Morgan fingerprint density at radius 3 is 2.70 bits per heavy atom. The summed E-state index contributed by atoms with van der Waals surface area (Å²) in [5.41, 5.74) is 5.86. The number of likely N-dealkylation sites (tertiary alicyclic amines) is 1. The highest BCUT2D eigenvalue weighted by Gasteiger charge is 2.41. The normalized spacial score (nSPS) is 19.8. The summed E-state index contributed by atoms with van der Waals surface area (Å²) in [5, 5.41) is 11.2. The summed E-state index contributed by atoms with van der Waals surface area (Å²) < 4.78 is 7.16. The third kappa shape index (κ3) is 4.25. The number of hydrogen-bond acceptors (Lipinski definition) is 8. The maximum absolute atomic E-state index is 12.6. The predicted molar refractivity (Wildman–Crippen MR) is 139 cm³/mol. The molecule has 3 aromatic heterocycles. The lowest BCUT2D eigenvalue weighted by molar-refractivity contribution is 0.0937. The van der Waals surface area contributed by atoms with E-state index in [1.807, 2.05) is 44.3 Å². The number of anilines is 1. The van der Waals surface area contributed by atoms with Crippen LogP contribution in [-0.4, -0.2) is 67.8 Å². The van der Waals surface area contributed by atoms with E-state index < -0.39 is 0 Å². The Bertz CT molecular complexity index is 1480. The lowest BCUT2D eigenvalue weighted by atomic mass is 9.97. The Morgan fingerprint density at radius 1 is 1.19 bits per heavy atom. The van der Waals surface area contributed by atoms with Crippen molar-refractivity contribution in [3.8, 4) is 11.3 Å². The van der Waals surface area contributed by atoms with Gasteiger partial charge in [-0.05, 0) is 43.7 Å². The molecule has 6 rings (SSSR count). The summed E-state index contributed by atoms with van der Waals surface area (Å²) in [4.78, 5) is 26.4. The van der Waals surface area contributed by atoms with Crippen molar-refractivity contribution in [1.29, 1.82) is 0 Å². The summed E-state index contributed by atoms with van der Waals surface area (Å²) in [7, 11) is 2.22. The van der Waals surface area contributed by atoms with Crippen LogP contribution in [0.5, 0.6) is 0 Å². The summed E-state index contributed by atoms with van der Waals surface area (Å²) in [6.45, 7) is 10.5. The number of carbonyl (C=O) groups excluding carboxylic acids is 1. The van der Waals surface area contributed by atoms with Crippen molar-refractivity contribution in [2.75, 3.05) is 25.0 Å². The van der Waals surface area contributed by atoms with Gasteiger partial charge in [0.2, 0.25) is 5.89 Å². The van der Waals surface area contributed by atoms with Gasteiger partial charge in [-0.3, -0.25) is 9.69 Å². The van der Waals surface area contributed by atoms with Gasteiger partial charge in [-0.15, -0.1) is 0 Å². The smallest absolute Gasteiger partial charge is 0.292 e. The van der Waals surface area contributed by atoms with Crippen LogP contribution in [0.3, 0.4) is 0 Å². The number of rotatable bonds is 5. The molecule has 2 fully saturated rings. The molecule has 1 aromatic carbocycles. The molecule has 10 nitrogen and oxygen atoms in total. The van der Waals surface area contributed by atoms with Crippen LogP contribution in [0.4, 0.5) is 5.69 Å². The molecule has 192 valence electrons. The van der Waals surface area contributed by atoms with Crippen LogP contribution in [0.2, 0.25) is 0 Å². The van der Waals surface area contributed by atoms with E-state index in [1.54, 1.807) is 6.33 Å². The van der Waals surface area contributed by atoms with Gasteiger partial charge in [0.05, 0.1) is 23.1 Å². The summed E-state index contributed by atoms with van der Waals surface area (Å²) in [6.07, 6.45) is 4.94. The Hall–Kier alpha value is -3.79. The van der Waals surface area contributed by atoms with Crippen LogP contribution >= 0.6 is 0 Å². The summed E-state index contributed by atoms with van der Waals surface area (Å²) in [6, 6.07) is 9.58. The number of aryl methyl sites for hydroxylation is 1. The van der Waals surface area contributed by atoms with Crippen molar-refractivity contribution in [3.63, 3.8) is 0 Å². The summed E-state index contributed by atoms with van der Waals surface area (Å²) >= 11 is 0. The van der Waals surface area contributed by atoms with Crippen molar-refractivity contribution in [1.82, 2.24) is 35.0 Å². The van der Waals surface area contributed by atoms with Crippen molar-refractivity contribution in [3.05, 3.63) is 59.6 Å². The predicted octanol–water partition coefficient (Wildman–Crippen LogP) is 3.21. The Morgan fingerprint density at radius 2 is 2.03 bits per heavy atom. The number of benzene rings is 1. The number of likely N-dealkylation sites (N-methyl/N-ethyl adjacent to an activating group) is 1. The first-order chi connectivity index (χ1) is 17.7. The molecule has 5 heterocycles. The average molecular weight is 501 g/mol. The zero-order chi connectivity index (χ0) is 25.9. The Labute approximate surface area is 215 Å². The van der Waals surface area contributed by atoms with Gasteiger partial charge in [0.25, 0.3) is 11.7 Å². The van der Waals surface area contributed by atoms with Gasteiger partial charge in [0.15, 0.2) is 0 Å². The maximum atomic E-state index is 12.6. The SMILES string of the molecule is Cc1cc(-c2ncnn3cc(N4C[C@@H]5C[C@H]4CN5C)cc23)ccc1CNC(=O)c1noc(C(C)(C)C)n1. The van der Waals surface area contributed by atoms with E-state index in [0.29, 0.717) is 24.5 Å². The van der Waals surface area contributed by atoms with Gasteiger partial charge >= 0.3 is 0 Å². The second kappa shape index (κ2) is 8.65. The number of hydrogen-bond donors (Lipinski definition) is 1. The molecule has 0 unspecified atom stereocenters. The second-order valence-electron chi connectivity index (χ2n) is 11.3. The van der Waals surface area contributed by atoms with Crippen molar-refractivity contribution in [2.24, 2.45) is 0 Å². The standard InChI is InChI=1S/C27H32N8O2/c1-16-8-17(6-7-18(16)11-28-25(36)24-31-26(37-32-24)27(2,3)4)23-22-10-21(14-35(22)30-15-29-23)34-13-19-9-20(34)12-33(19)5/h6-8,10,14-15,19-20H,9,11-13H2,1-5H3,(H,28,36)/t19-,20-/m0/s1. The first-order valence-electron chi connectivity index (χ1n) is 12.7. The van der Waals surface area contributed by atoms with E-state index in [4.69, 9.17) is 4.52 Å². The highest BCUT2D eigenvalue weighted by atomic mass is 16.5. The Kier molecular flexibility index (Phi) is 5.52. The largest absolute Gasteiger partial charge is 0.364 e. The van der Waals surface area contributed by atoms with Crippen LogP contribution in [-0.2, 0) is 12.0 Å². The van der Waals surface area contributed by atoms with E-state index in [1.165, 1.54) is 12.1 Å². The molecule has 1 amide bonds. The first kappa shape index (κ1) is 23.6. The first-order valence-corrected chi connectivity index (χ1v) is 12.7. The molecule has 2 aliphatic rings. The molecule has 2 atom stereocenters. The number of carbonyl (C=O) groups is 1. The van der Waals surface area contributed by atoms with E-state index in [9.17, 15) is 4.79 Å². The van der Waals surface area contributed by atoms with Gasteiger partial charge in [-0.1, -0.05) is 38.1 Å². The third-order valence-corrected chi connectivity index (χ3v) is 7.56. The zero-order valence-electron chi connectivity index (χ0n) is 21.9. The van der Waals surface area contributed by atoms with Crippen LogP contribution in [0, 0.1) is 6.92 Å². The number of piperazine rings is 1. The molecule has 2 aliphatic heterocycles. The number of fused-ring (bicyclic) bond motifs is 3. The fraction of sp³-hybridized carbons (Fsp3) is 0.444. The number of amides is 1. The molecule has 0 aliphatic carbocycles. The minimum Gasteiger partial charge on any atom is -0.364 e. The fourth-order valence-corrected chi connectivity index (χ4v) is 5.39. The molecule has 2 bridgehead atoms. The monoisotopic (exact) mass is 500 g/mol. The molecule has 37 heavy (non-hydrogen) atoms. The molecule has 4 aromatic rings. The van der Waals surface area contributed by atoms with Gasteiger partial charge in [-0.25, -0.2) is 9.50 Å². The highest BCUT2D eigenvalue weighted by molar-refractivity contribution is 5.90. The van der Waals surface area contributed by atoms with Crippen LogP contribution in [0.1, 0.15) is 54.8 Å². The molecule has 10 heteroatoms. The molecular weight excluding hydrogens is 468 g/mol. The lowest BCUT2D eigenvalue weighted by Gasteiger charge is -2.32. The van der Waals surface area contributed by atoms with Gasteiger partial charge in [-0.2, -0.15) is 10.1 Å². The van der Waals surface area contributed by atoms with E-state index in [-0.39, 0.29) is 17.1 Å². The topological polar surface area (TPSA) is 105 Å². The quantitative estimate of drug-likeness (QED) is 0.446. The Balaban J connectivity index is 1.20. The minimum absolute atomic E-state index is 0.0458. The number of nitrogens with one attached hydrogen (secondary N) is 1.